The van der Waals surface area contributed by atoms with Crippen molar-refractivity contribution >= 4 is 44.1 Å². The first-order chi connectivity index (χ1) is 21.3. The molecule has 2 heterocycles. The van der Waals surface area contributed by atoms with Gasteiger partial charge in [-0.25, -0.2) is 4.98 Å². The Morgan fingerprint density at radius 3 is 2.39 bits per heavy atom. The summed E-state index contributed by atoms with van der Waals surface area (Å²) in [6, 6.07) is 15.4. The van der Waals surface area contributed by atoms with Gasteiger partial charge in [0.2, 0.25) is 0 Å². The molecule has 1 fully saturated rings. The molecule has 1 unspecified atom stereocenters. The number of amides is 1. The molecule has 1 saturated heterocycles. The zero-order valence-corrected chi connectivity index (χ0v) is 26.6. The summed E-state index contributed by atoms with van der Waals surface area (Å²) in [5.74, 6) is -0.0798. The Labute approximate surface area is 261 Å². The number of rotatable bonds is 12. The Hall–Kier alpha value is -4.37. The molecule has 1 aromatic heterocycles. The maximum Gasteiger partial charge on any atom is 0.301 e. The van der Waals surface area contributed by atoms with Crippen LogP contribution in [-0.4, -0.2) is 41.6 Å². The van der Waals surface area contributed by atoms with Crippen molar-refractivity contribution < 1.29 is 28.9 Å². The van der Waals surface area contributed by atoms with Crippen molar-refractivity contribution in [2.75, 3.05) is 24.7 Å². The normalized spacial score (nSPS) is 16.1. The van der Waals surface area contributed by atoms with Gasteiger partial charge in [-0.1, -0.05) is 43.7 Å². The van der Waals surface area contributed by atoms with Crippen LogP contribution in [0.3, 0.4) is 0 Å². The predicted octanol–water partition coefficient (Wildman–Crippen LogP) is 7.91. The second kappa shape index (κ2) is 13.5. The van der Waals surface area contributed by atoms with Crippen LogP contribution in [0.2, 0.25) is 0 Å². The van der Waals surface area contributed by atoms with Gasteiger partial charge in [0, 0.05) is 5.56 Å². The molecule has 0 aliphatic carbocycles. The zero-order valence-electron chi connectivity index (χ0n) is 25.8. The Kier molecular flexibility index (Phi) is 9.54. The number of hydrogen-bond acceptors (Lipinski definition) is 8. The second-order valence-electron chi connectivity index (χ2n) is 10.8. The molecule has 1 amide bonds. The summed E-state index contributed by atoms with van der Waals surface area (Å²) >= 11 is 1.34. The van der Waals surface area contributed by atoms with E-state index in [1.54, 1.807) is 36.4 Å². The molecule has 44 heavy (non-hydrogen) atoms. The van der Waals surface area contributed by atoms with Gasteiger partial charge in [0.1, 0.15) is 11.5 Å². The third kappa shape index (κ3) is 6.15. The van der Waals surface area contributed by atoms with Crippen LogP contribution in [0.5, 0.6) is 17.2 Å². The summed E-state index contributed by atoms with van der Waals surface area (Å²) in [5, 5.41) is 12.0. The highest BCUT2D eigenvalue weighted by Crippen LogP contribution is 2.46. The predicted molar refractivity (Wildman–Crippen MR) is 174 cm³/mol. The summed E-state index contributed by atoms with van der Waals surface area (Å²) in [5.41, 5.74) is 3.80. The van der Waals surface area contributed by atoms with Crippen LogP contribution in [0, 0.1) is 13.8 Å². The lowest BCUT2D eigenvalue weighted by Gasteiger charge is -2.24. The number of benzene rings is 3. The fourth-order valence-corrected chi connectivity index (χ4v) is 6.47. The monoisotopic (exact) mass is 614 g/mol. The van der Waals surface area contributed by atoms with Gasteiger partial charge in [-0.15, -0.1) is 0 Å². The SMILES string of the molecule is CCCCOc1ccc(C2/C(=C(\O)c3ccc(OCCC)cc3)C(=O)C(=O)N2c2nc3c(C)cc(C)cc3s2)cc1OCC. The number of Topliss-reactive ketones (excluding diaryl/α,β-unsaturated/α-hetero) is 1. The summed E-state index contributed by atoms with van der Waals surface area (Å²) < 4.78 is 18.5. The molecule has 1 N–H and O–H groups in total. The number of carbonyl (C=O) groups is 2. The lowest BCUT2D eigenvalue weighted by molar-refractivity contribution is -0.132. The van der Waals surface area contributed by atoms with E-state index >= 15 is 0 Å². The molecule has 0 spiro atoms. The molecule has 4 aromatic rings. The van der Waals surface area contributed by atoms with Gasteiger partial charge in [-0.2, -0.15) is 0 Å². The molecule has 9 heteroatoms. The van der Waals surface area contributed by atoms with Gasteiger partial charge >= 0.3 is 5.91 Å². The Balaban J connectivity index is 1.67. The van der Waals surface area contributed by atoms with Crippen LogP contribution in [-0.2, 0) is 9.59 Å². The number of aliphatic hydroxyl groups excluding tert-OH is 1. The number of ketones is 1. The third-order valence-electron chi connectivity index (χ3n) is 7.41. The Morgan fingerprint density at radius 1 is 0.909 bits per heavy atom. The smallest absolute Gasteiger partial charge is 0.301 e. The highest BCUT2D eigenvalue weighted by atomic mass is 32.1. The molecule has 1 atom stereocenters. The van der Waals surface area contributed by atoms with Gasteiger partial charge in [0.05, 0.1) is 41.7 Å². The number of aryl methyl sites for hydroxylation is 2. The molecule has 3 aromatic carbocycles. The van der Waals surface area contributed by atoms with Crippen LogP contribution in [0.25, 0.3) is 16.0 Å². The number of hydrogen-bond donors (Lipinski definition) is 1. The van der Waals surface area contributed by atoms with Gasteiger partial charge in [0.25, 0.3) is 5.78 Å². The van der Waals surface area contributed by atoms with Crippen molar-refractivity contribution in [1.29, 1.82) is 0 Å². The van der Waals surface area contributed by atoms with E-state index < -0.39 is 17.7 Å². The van der Waals surface area contributed by atoms with E-state index in [4.69, 9.17) is 19.2 Å². The minimum absolute atomic E-state index is 0.0218. The van der Waals surface area contributed by atoms with Gasteiger partial charge in [0.15, 0.2) is 16.6 Å². The van der Waals surface area contributed by atoms with Gasteiger partial charge in [-0.05, 0) is 92.8 Å². The topological polar surface area (TPSA) is 98.2 Å². The first kappa shape index (κ1) is 31.1. The molecule has 1 aliphatic rings. The molecule has 0 bridgehead atoms. The van der Waals surface area contributed by atoms with Crippen molar-refractivity contribution in [2.24, 2.45) is 0 Å². The van der Waals surface area contributed by atoms with E-state index in [2.05, 4.69) is 6.92 Å². The van der Waals surface area contributed by atoms with Crippen molar-refractivity contribution in [1.82, 2.24) is 4.98 Å². The van der Waals surface area contributed by atoms with Crippen LogP contribution in [0.4, 0.5) is 5.13 Å². The van der Waals surface area contributed by atoms with Crippen molar-refractivity contribution in [3.63, 3.8) is 0 Å². The molecule has 8 nitrogen and oxygen atoms in total. The quantitative estimate of drug-likeness (QED) is 0.0749. The highest BCUT2D eigenvalue weighted by molar-refractivity contribution is 7.22. The highest BCUT2D eigenvalue weighted by Gasteiger charge is 2.48. The van der Waals surface area contributed by atoms with E-state index in [-0.39, 0.29) is 11.3 Å². The van der Waals surface area contributed by atoms with Crippen LogP contribution in [0.1, 0.15) is 68.3 Å². The molecule has 0 radical (unpaired) electrons. The molecule has 5 rings (SSSR count). The number of carbonyl (C=O) groups excluding carboxylic acids is 2. The number of ether oxygens (including phenoxy) is 3. The van der Waals surface area contributed by atoms with Crippen LogP contribution >= 0.6 is 11.3 Å². The Bertz CT molecular complexity index is 1710. The van der Waals surface area contributed by atoms with Crippen molar-refractivity contribution in [2.45, 2.75) is 59.9 Å². The standard InChI is InChI=1S/C35H38N2O6S/c1-6-9-17-43-26-15-12-24(20-27(26)41-8-3)31-29(32(38)23-10-13-25(14-11-23)42-16-7-2)33(39)34(40)37(31)35-36-30-22(5)18-21(4)19-28(30)44-35/h10-15,18-20,31,38H,6-9,16-17H2,1-5H3/b32-29+. The van der Waals surface area contributed by atoms with Crippen LogP contribution in [0.15, 0.2) is 60.2 Å². The Morgan fingerprint density at radius 2 is 1.68 bits per heavy atom. The number of thiazole rings is 1. The number of fused-ring (bicyclic) bond motifs is 1. The largest absolute Gasteiger partial charge is 0.507 e. The fourth-order valence-electron chi connectivity index (χ4n) is 5.30. The van der Waals surface area contributed by atoms with E-state index in [0.29, 0.717) is 53.3 Å². The number of anilines is 1. The molecule has 0 saturated carbocycles. The summed E-state index contributed by atoms with van der Waals surface area (Å²) in [4.78, 5) is 33.8. The first-order valence-corrected chi connectivity index (χ1v) is 15.9. The van der Waals surface area contributed by atoms with Gasteiger partial charge < -0.3 is 19.3 Å². The van der Waals surface area contributed by atoms with Crippen molar-refractivity contribution in [3.8, 4) is 17.2 Å². The molecular formula is C35H38N2O6S. The first-order valence-electron chi connectivity index (χ1n) is 15.1. The lowest BCUT2D eigenvalue weighted by atomic mass is 9.95. The molecular weight excluding hydrogens is 576 g/mol. The lowest BCUT2D eigenvalue weighted by Crippen LogP contribution is -2.29. The number of aliphatic hydroxyl groups is 1. The average molecular weight is 615 g/mol. The maximum absolute atomic E-state index is 13.8. The maximum atomic E-state index is 13.8. The van der Waals surface area contributed by atoms with E-state index in [1.807, 2.05) is 45.9 Å². The van der Waals surface area contributed by atoms with Gasteiger partial charge in [-0.3, -0.25) is 14.5 Å². The molecule has 1 aliphatic heterocycles. The number of aromatic nitrogens is 1. The third-order valence-corrected chi connectivity index (χ3v) is 8.41. The summed E-state index contributed by atoms with van der Waals surface area (Å²) in [6.45, 7) is 11.5. The average Bonchev–Trinajstić information content (AvgIpc) is 3.55. The minimum atomic E-state index is -0.947. The number of nitrogens with zero attached hydrogens (tertiary/aromatic N) is 2. The molecule has 230 valence electrons. The van der Waals surface area contributed by atoms with E-state index in [9.17, 15) is 14.7 Å². The van der Waals surface area contributed by atoms with E-state index in [0.717, 1.165) is 40.6 Å². The van der Waals surface area contributed by atoms with E-state index in [1.165, 1.54) is 16.2 Å². The summed E-state index contributed by atoms with van der Waals surface area (Å²) in [7, 11) is 0. The summed E-state index contributed by atoms with van der Waals surface area (Å²) in [6.07, 6.45) is 2.75. The zero-order chi connectivity index (χ0) is 31.4. The van der Waals surface area contributed by atoms with Crippen molar-refractivity contribution in [3.05, 3.63) is 82.4 Å². The minimum Gasteiger partial charge on any atom is -0.507 e. The number of unbranched alkanes of at least 4 members (excludes halogenated alkanes) is 1. The second-order valence-corrected chi connectivity index (χ2v) is 11.8. The fraction of sp³-hybridized carbons (Fsp3) is 0.343. The van der Waals surface area contributed by atoms with Crippen LogP contribution < -0.4 is 19.1 Å².